The molecule has 1 aromatic rings. The van der Waals surface area contributed by atoms with E-state index in [1.807, 2.05) is 13.8 Å². The van der Waals surface area contributed by atoms with E-state index in [1.165, 1.54) is 16.7 Å². The highest BCUT2D eigenvalue weighted by atomic mass is 16.6. The third-order valence-corrected chi connectivity index (χ3v) is 2.06. The van der Waals surface area contributed by atoms with Gasteiger partial charge in [-0.05, 0) is 37.5 Å². The van der Waals surface area contributed by atoms with E-state index in [2.05, 4.69) is 23.9 Å². The lowest BCUT2D eigenvalue weighted by Crippen LogP contribution is -1.97. The molecule has 0 unspecified atom stereocenters. The summed E-state index contributed by atoms with van der Waals surface area (Å²) in [5.41, 5.74) is 4.81. The maximum Gasteiger partial charge on any atom is 0.0955 e. The van der Waals surface area contributed by atoms with Crippen LogP contribution in [-0.4, -0.2) is 0 Å². The number of hydrogen-bond acceptors (Lipinski definition) is 1. The molecule has 0 saturated heterocycles. The molecule has 0 atom stereocenters. The first-order valence-corrected chi connectivity index (χ1v) is 4.00. The van der Waals surface area contributed by atoms with Gasteiger partial charge in [-0.3, -0.25) is 4.84 Å². The van der Waals surface area contributed by atoms with E-state index in [-0.39, 0.29) is 0 Å². The minimum absolute atomic E-state index is 0.387. The predicted octanol–water partition coefficient (Wildman–Crippen LogP) is 2.33. The molecule has 0 spiro atoms. The first kappa shape index (κ1) is 9.23. The van der Waals surface area contributed by atoms with Gasteiger partial charge in [0.15, 0.2) is 0 Å². The van der Waals surface area contributed by atoms with Crippen LogP contribution in [0.15, 0.2) is 12.1 Å². The van der Waals surface area contributed by atoms with Gasteiger partial charge in [-0.15, -0.1) is 5.90 Å². The van der Waals surface area contributed by atoms with Crippen LogP contribution in [0.1, 0.15) is 22.3 Å². The van der Waals surface area contributed by atoms with Crippen molar-refractivity contribution in [2.45, 2.75) is 27.4 Å². The van der Waals surface area contributed by atoms with Gasteiger partial charge in [0.2, 0.25) is 0 Å². The molecule has 65 valence electrons. The van der Waals surface area contributed by atoms with Gasteiger partial charge in [0, 0.05) is 0 Å². The van der Waals surface area contributed by atoms with Crippen LogP contribution in [-0.2, 0) is 11.4 Å². The smallest absolute Gasteiger partial charge is 0.0955 e. The van der Waals surface area contributed by atoms with E-state index in [0.717, 1.165) is 5.56 Å². The molecule has 0 saturated carbocycles. The first-order chi connectivity index (χ1) is 5.65. The lowest BCUT2D eigenvalue weighted by molar-refractivity contribution is 0.103. The molecule has 0 aliphatic heterocycles. The van der Waals surface area contributed by atoms with Crippen molar-refractivity contribution in [3.63, 3.8) is 0 Å². The SMILES string of the molecule is Cc1cc(C)c(CO[NH])c(C)c1. The summed E-state index contributed by atoms with van der Waals surface area (Å²) in [6, 6.07) is 4.22. The van der Waals surface area contributed by atoms with E-state index in [1.54, 1.807) is 0 Å². The summed E-state index contributed by atoms with van der Waals surface area (Å²) in [7, 11) is 0. The van der Waals surface area contributed by atoms with Crippen molar-refractivity contribution in [2.24, 2.45) is 0 Å². The molecule has 1 aromatic carbocycles. The molecule has 0 amide bonds. The maximum atomic E-state index is 6.69. The van der Waals surface area contributed by atoms with Crippen molar-refractivity contribution in [3.8, 4) is 0 Å². The van der Waals surface area contributed by atoms with Crippen molar-refractivity contribution in [3.05, 3.63) is 34.4 Å². The summed E-state index contributed by atoms with van der Waals surface area (Å²) in [5, 5.41) is 0. The normalized spacial score (nSPS) is 10.3. The van der Waals surface area contributed by atoms with Crippen LogP contribution in [0, 0.1) is 20.8 Å². The van der Waals surface area contributed by atoms with Crippen LogP contribution in [0.2, 0.25) is 0 Å². The van der Waals surface area contributed by atoms with Gasteiger partial charge in [0.25, 0.3) is 0 Å². The zero-order valence-electron chi connectivity index (χ0n) is 7.77. The Hall–Kier alpha value is -0.860. The average Bonchev–Trinajstić information content (AvgIpc) is 1.96. The molecule has 2 nitrogen and oxygen atoms in total. The van der Waals surface area contributed by atoms with Crippen molar-refractivity contribution in [2.75, 3.05) is 0 Å². The fourth-order valence-electron chi connectivity index (χ4n) is 1.51. The Balaban J connectivity index is 3.10. The van der Waals surface area contributed by atoms with E-state index in [4.69, 9.17) is 5.90 Å². The Bertz CT molecular complexity index is 258. The predicted molar refractivity (Wildman–Crippen MR) is 48.5 cm³/mol. The Morgan fingerprint density at radius 2 is 1.67 bits per heavy atom. The fraction of sp³-hybridized carbons (Fsp3) is 0.400. The first-order valence-electron chi connectivity index (χ1n) is 4.00. The summed E-state index contributed by atoms with van der Waals surface area (Å²) in [6.07, 6.45) is 0. The minimum Gasteiger partial charge on any atom is -0.280 e. The highest BCUT2D eigenvalue weighted by Crippen LogP contribution is 2.16. The average molecular weight is 164 g/mol. The molecule has 0 aromatic heterocycles. The zero-order chi connectivity index (χ0) is 9.14. The van der Waals surface area contributed by atoms with Gasteiger partial charge in [0.1, 0.15) is 0 Å². The molecule has 1 N–H and O–H groups in total. The van der Waals surface area contributed by atoms with Crippen LogP contribution >= 0.6 is 0 Å². The van der Waals surface area contributed by atoms with Crippen LogP contribution in [0.4, 0.5) is 0 Å². The molecule has 1 rings (SSSR count). The largest absolute Gasteiger partial charge is 0.280 e. The Morgan fingerprint density at radius 1 is 1.17 bits per heavy atom. The standard InChI is InChI=1S/C10H14NO/c1-7-4-8(2)10(6-12-11)9(3)5-7/h4-5,11H,6H2,1-3H3. The molecule has 0 heterocycles. The molecule has 0 aliphatic rings. The van der Waals surface area contributed by atoms with E-state index < -0.39 is 0 Å². The summed E-state index contributed by atoms with van der Waals surface area (Å²) in [6.45, 7) is 6.56. The fourth-order valence-corrected chi connectivity index (χ4v) is 1.51. The number of hydrogen-bond donors (Lipinski definition) is 0. The number of nitrogens with one attached hydrogen (secondary N) is 1. The molecule has 0 fully saturated rings. The molecule has 0 bridgehead atoms. The van der Waals surface area contributed by atoms with Gasteiger partial charge in [-0.25, -0.2) is 0 Å². The highest BCUT2D eigenvalue weighted by Gasteiger charge is 2.02. The van der Waals surface area contributed by atoms with E-state index >= 15 is 0 Å². The van der Waals surface area contributed by atoms with Gasteiger partial charge in [-0.2, -0.15) is 0 Å². The molecular formula is C10H14NO. The van der Waals surface area contributed by atoms with E-state index in [9.17, 15) is 0 Å². The molecular weight excluding hydrogens is 150 g/mol. The Labute approximate surface area is 73.3 Å². The van der Waals surface area contributed by atoms with Gasteiger partial charge in [0.05, 0.1) is 6.61 Å². The summed E-state index contributed by atoms with van der Waals surface area (Å²) < 4.78 is 0. The monoisotopic (exact) mass is 164 g/mol. The van der Waals surface area contributed by atoms with Crippen LogP contribution < -0.4 is 5.90 Å². The lowest BCUT2D eigenvalue weighted by Gasteiger charge is -2.08. The number of benzene rings is 1. The third-order valence-electron chi connectivity index (χ3n) is 2.06. The van der Waals surface area contributed by atoms with Crippen LogP contribution in [0.5, 0.6) is 0 Å². The zero-order valence-corrected chi connectivity index (χ0v) is 7.77. The molecule has 12 heavy (non-hydrogen) atoms. The summed E-state index contributed by atoms with van der Waals surface area (Å²) in [5.74, 6) is 6.69. The topological polar surface area (TPSA) is 33.0 Å². The van der Waals surface area contributed by atoms with Crippen LogP contribution in [0.25, 0.3) is 0 Å². The Kier molecular flexibility index (Phi) is 2.84. The molecule has 2 heteroatoms. The van der Waals surface area contributed by atoms with Gasteiger partial charge in [-0.1, -0.05) is 17.7 Å². The maximum absolute atomic E-state index is 6.69. The summed E-state index contributed by atoms with van der Waals surface area (Å²) in [4.78, 5) is 4.38. The Morgan fingerprint density at radius 3 is 2.08 bits per heavy atom. The second kappa shape index (κ2) is 3.70. The van der Waals surface area contributed by atoms with Crippen molar-refractivity contribution in [1.29, 1.82) is 0 Å². The second-order valence-corrected chi connectivity index (χ2v) is 3.17. The van der Waals surface area contributed by atoms with Gasteiger partial charge < -0.3 is 0 Å². The second-order valence-electron chi connectivity index (χ2n) is 3.17. The number of aryl methyl sites for hydroxylation is 3. The minimum atomic E-state index is 0.387. The third kappa shape index (κ3) is 1.84. The van der Waals surface area contributed by atoms with Crippen molar-refractivity contribution < 1.29 is 4.84 Å². The molecule has 1 radical (unpaired) electrons. The number of rotatable bonds is 2. The highest BCUT2D eigenvalue weighted by molar-refractivity contribution is 5.36. The van der Waals surface area contributed by atoms with E-state index in [0.29, 0.717) is 6.61 Å². The molecule has 0 aliphatic carbocycles. The van der Waals surface area contributed by atoms with Crippen molar-refractivity contribution in [1.82, 2.24) is 5.90 Å². The lowest BCUT2D eigenvalue weighted by atomic mass is 10.0. The summed E-state index contributed by atoms with van der Waals surface area (Å²) >= 11 is 0. The van der Waals surface area contributed by atoms with Crippen molar-refractivity contribution >= 4 is 0 Å². The quantitative estimate of drug-likeness (QED) is 0.617. The van der Waals surface area contributed by atoms with Crippen LogP contribution in [0.3, 0.4) is 0 Å². The van der Waals surface area contributed by atoms with Gasteiger partial charge >= 0.3 is 0 Å².